The lowest BCUT2D eigenvalue weighted by Gasteiger charge is -2.10. The standard InChI is InChI=1S/C22H21N3O5/c23-13-18(22(26)24-14-21-2-1-11-29-21)12-16-5-9-20(10-6-16)30-15-17-3-7-19(8-4-17)25(27)28/h3-10,12,21H,1-2,11,14-15H2,(H,24,26)/b18-12+/t21-/m1/s1. The lowest BCUT2D eigenvalue weighted by atomic mass is 10.1. The van der Waals surface area contributed by atoms with E-state index in [1.165, 1.54) is 18.2 Å². The number of carbonyl (C=O) groups excluding carboxylic acids is 1. The molecular formula is C22H21N3O5. The van der Waals surface area contributed by atoms with Gasteiger partial charge in [-0.3, -0.25) is 14.9 Å². The number of nitriles is 1. The Morgan fingerprint density at radius 1 is 1.27 bits per heavy atom. The van der Waals surface area contributed by atoms with Crippen LogP contribution in [0.5, 0.6) is 5.75 Å². The smallest absolute Gasteiger partial charge is 0.269 e. The number of benzene rings is 2. The zero-order chi connectivity index (χ0) is 21.3. The summed E-state index contributed by atoms with van der Waals surface area (Å²) < 4.78 is 11.1. The van der Waals surface area contributed by atoms with Crippen LogP contribution in [0.4, 0.5) is 5.69 Å². The van der Waals surface area contributed by atoms with Crippen molar-refractivity contribution in [3.05, 3.63) is 75.3 Å². The summed E-state index contributed by atoms with van der Waals surface area (Å²) in [7, 11) is 0. The molecule has 3 rings (SSSR count). The van der Waals surface area contributed by atoms with Crippen LogP contribution < -0.4 is 10.1 Å². The fourth-order valence-corrected chi connectivity index (χ4v) is 2.96. The first-order chi connectivity index (χ1) is 14.5. The van der Waals surface area contributed by atoms with Gasteiger partial charge in [0.25, 0.3) is 11.6 Å². The number of hydrogen-bond acceptors (Lipinski definition) is 6. The van der Waals surface area contributed by atoms with Crippen LogP contribution >= 0.6 is 0 Å². The second-order valence-electron chi connectivity index (χ2n) is 6.80. The minimum Gasteiger partial charge on any atom is -0.489 e. The molecule has 2 aromatic rings. The number of carbonyl (C=O) groups is 1. The summed E-state index contributed by atoms with van der Waals surface area (Å²) in [6, 6.07) is 15.0. The molecule has 0 bridgehead atoms. The maximum Gasteiger partial charge on any atom is 0.269 e. The van der Waals surface area contributed by atoms with E-state index in [0.717, 1.165) is 18.4 Å². The topological polar surface area (TPSA) is 114 Å². The Morgan fingerprint density at radius 2 is 2.00 bits per heavy atom. The number of amides is 1. The third-order valence-electron chi connectivity index (χ3n) is 4.62. The van der Waals surface area contributed by atoms with Crippen molar-refractivity contribution in [2.45, 2.75) is 25.6 Å². The summed E-state index contributed by atoms with van der Waals surface area (Å²) >= 11 is 0. The summed E-state index contributed by atoms with van der Waals surface area (Å²) in [5.74, 6) is 0.179. The normalized spacial score (nSPS) is 16.0. The van der Waals surface area contributed by atoms with Gasteiger partial charge in [0.15, 0.2) is 0 Å². The van der Waals surface area contributed by atoms with Gasteiger partial charge in [-0.2, -0.15) is 5.26 Å². The molecule has 0 unspecified atom stereocenters. The second kappa shape index (κ2) is 10.2. The van der Waals surface area contributed by atoms with E-state index < -0.39 is 10.8 Å². The van der Waals surface area contributed by atoms with Gasteiger partial charge in [0.2, 0.25) is 0 Å². The molecule has 0 aromatic heterocycles. The number of nitro groups is 1. The largest absolute Gasteiger partial charge is 0.489 e. The van der Waals surface area contributed by atoms with E-state index in [1.807, 2.05) is 6.07 Å². The highest BCUT2D eigenvalue weighted by molar-refractivity contribution is 6.01. The van der Waals surface area contributed by atoms with Crippen LogP contribution in [0.2, 0.25) is 0 Å². The number of nitrogens with one attached hydrogen (secondary N) is 1. The first-order valence-electron chi connectivity index (χ1n) is 9.53. The first kappa shape index (κ1) is 21.0. The van der Waals surface area contributed by atoms with E-state index in [9.17, 15) is 20.2 Å². The molecule has 1 heterocycles. The highest BCUT2D eigenvalue weighted by Crippen LogP contribution is 2.18. The summed E-state index contributed by atoms with van der Waals surface area (Å²) in [5.41, 5.74) is 1.55. The van der Waals surface area contributed by atoms with Crippen molar-refractivity contribution in [3.63, 3.8) is 0 Å². The van der Waals surface area contributed by atoms with E-state index in [1.54, 1.807) is 36.4 Å². The summed E-state index contributed by atoms with van der Waals surface area (Å²) in [4.78, 5) is 22.4. The van der Waals surface area contributed by atoms with Crippen molar-refractivity contribution in [3.8, 4) is 11.8 Å². The molecular weight excluding hydrogens is 386 g/mol. The number of nitrogens with zero attached hydrogens (tertiary/aromatic N) is 2. The monoisotopic (exact) mass is 407 g/mol. The van der Waals surface area contributed by atoms with Gasteiger partial charge in [0, 0.05) is 25.3 Å². The Balaban J connectivity index is 1.54. The van der Waals surface area contributed by atoms with Crippen molar-refractivity contribution in [2.75, 3.05) is 13.2 Å². The highest BCUT2D eigenvalue weighted by Gasteiger charge is 2.17. The summed E-state index contributed by atoms with van der Waals surface area (Å²) in [5, 5.41) is 22.7. The van der Waals surface area contributed by atoms with Crippen LogP contribution in [0.1, 0.15) is 24.0 Å². The van der Waals surface area contributed by atoms with Crippen molar-refractivity contribution >= 4 is 17.7 Å². The van der Waals surface area contributed by atoms with E-state index in [-0.39, 0.29) is 24.0 Å². The van der Waals surface area contributed by atoms with Crippen molar-refractivity contribution in [2.24, 2.45) is 0 Å². The molecule has 0 saturated carbocycles. The maximum atomic E-state index is 12.2. The predicted octanol–water partition coefficient (Wildman–Crippen LogP) is 3.38. The lowest BCUT2D eigenvalue weighted by molar-refractivity contribution is -0.384. The molecule has 0 spiro atoms. The van der Waals surface area contributed by atoms with Crippen molar-refractivity contribution in [1.82, 2.24) is 5.32 Å². The van der Waals surface area contributed by atoms with Gasteiger partial charge in [-0.25, -0.2) is 0 Å². The Morgan fingerprint density at radius 3 is 2.60 bits per heavy atom. The minimum atomic E-state index is -0.449. The molecule has 1 atom stereocenters. The van der Waals surface area contributed by atoms with Crippen LogP contribution in [0.25, 0.3) is 6.08 Å². The molecule has 8 nitrogen and oxygen atoms in total. The van der Waals surface area contributed by atoms with E-state index in [0.29, 0.717) is 24.5 Å². The molecule has 8 heteroatoms. The molecule has 30 heavy (non-hydrogen) atoms. The fraction of sp³-hybridized carbons (Fsp3) is 0.273. The van der Waals surface area contributed by atoms with Crippen LogP contribution in [0.3, 0.4) is 0 Å². The van der Waals surface area contributed by atoms with Gasteiger partial charge in [-0.05, 0) is 54.3 Å². The number of hydrogen-bond donors (Lipinski definition) is 1. The van der Waals surface area contributed by atoms with Crippen molar-refractivity contribution in [1.29, 1.82) is 5.26 Å². The average Bonchev–Trinajstić information content (AvgIpc) is 3.29. The van der Waals surface area contributed by atoms with E-state index in [2.05, 4.69) is 5.32 Å². The Bertz CT molecular complexity index is 956. The van der Waals surface area contributed by atoms with Crippen LogP contribution in [-0.2, 0) is 16.1 Å². The predicted molar refractivity (Wildman–Crippen MR) is 109 cm³/mol. The number of ether oxygens (including phenoxy) is 2. The molecule has 1 aliphatic rings. The molecule has 1 aliphatic heterocycles. The lowest BCUT2D eigenvalue weighted by Crippen LogP contribution is -2.32. The Hall–Kier alpha value is -3.70. The van der Waals surface area contributed by atoms with Gasteiger partial charge >= 0.3 is 0 Å². The minimum absolute atomic E-state index is 0.0149. The number of non-ortho nitro benzene ring substituents is 1. The molecule has 2 aromatic carbocycles. The molecule has 1 saturated heterocycles. The fourth-order valence-electron chi connectivity index (χ4n) is 2.96. The van der Waals surface area contributed by atoms with Crippen molar-refractivity contribution < 1.29 is 19.2 Å². The third-order valence-corrected chi connectivity index (χ3v) is 4.62. The zero-order valence-corrected chi connectivity index (χ0v) is 16.2. The third kappa shape index (κ3) is 5.90. The maximum absolute atomic E-state index is 12.2. The molecule has 0 radical (unpaired) electrons. The van der Waals surface area contributed by atoms with E-state index in [4.69, 9.17) is 9.47 Å². The molecule has 0 aliphatic carbocycles. The van der Waals surface area contributed by atoms with Gasteiger partial charge in [0.1, 0.15) is 24.0 Å². The SMILES string of the molecule is N#C/C(=C\c1ccc(OCc2ccc([N+](=O)[O-])cc2)cc1)C(=O)NC[C@H]1CCCO1. The molecule has 1 amide bonds. The van der Waals surface area contributed by atoms with Gasteiger partial charge < -0.3 is 14.8 Å². The van der Waals surface area contributed by atoms with Crippen LogP contribution in [0, 0.1) is 21.4 Å². The average molecular weight is 407 g/mol. The number of rotatable bonds is 8. The Kier molecular flexibility index (Phi) is 7.14. The van der Waals surface area contributed by atoms with Crippen LogP contribution in [0.15, 0.2) is 54.1 Å². The van der Waals surface area contributed by atoms with Gasteiger partial charge in [0.05, 0.1) is 11.0 Å². The molecule has 1 N–H and O–H groups in total. The summed E-state index contributed by atoms with van der Waals surface area (Å²) in [6.07, 6.45) is 3.43. The number of nitro benzene ring substituents is 1. The summed E-state index contributed by atoms with van der Waals surface area (Å²) in [6.45, 7) is 1.37. The van der Waals surface area contributed by atoms with Crippen LogP contribution in [-0.4, -0.2) is 30.1 Å². The second-order valence-corrected chi connectivity index (χ2v) is 6.80. The highest BCUT2D eigenvalue weighted by atomic mass is 16.6. The zero-order valence-electron chi connectivity index (χ0n) is 16.2. The van der Waals surface area contributed by atoms with E-state index >= 15 is 0 Å². The Labute approximate surface area is 173 Å². The molecule has 154 valence electrons. The molecule has 1 fully saturated rings. The van der Waals surface area contributed by atoms with Gasteiger partial charge in [-0.1, -0.05) is 12.1 Å². The first-order valence-corrected chi connectivity index (χ1v) is 9.53. The quantitative estimate of drug-likeness (QED) is 0.310. The van der Waals surface area contributed by atoms with Gasteiger partial charge in [-0.15, -0.1) is 0 Å².